The fourth-order valence-corrected chi connectivity index (χ4v) is 2.48. The monoisotopic (exact) mass is 267 g/mol. The average Bonchev–Trinajstić information content (AvgIpc) is 2.89. The van der Waals surface area contributed by atoms with Gasteiger partial charge in [-0.2, -0.15) is 0 Å². The quantitative estimate of drug-likeness (QED) is 0.789. The van der Waals surface area contributed by atoms with Crippen molar-refractivity contribution in [2.75, 3.05) is 6.54 Å². The highest BCUT2D eigenvalue weighted by atomic mass is 32.2. The average molecular weight is 267 g/mol. The van der Waals surface area contributed by atoms with Gasteiger partial charge in [-0.3, -0.25) is 4.98 Å². The number of aryl methyl sites for hydroxylation is 1. The van der Waals surface area contributed by atoms with E-state index in [9.17, 15) is 8.42 Å². The molecule has 0 saturated carbocycles. The van der Waals surface area contributed by atoms with Crippen molar-refractivity contribution in [3.05, 3.63) is 42.5 Å². The predicted octanol–water partition coefficient (Wildman–Crippen LogP) is 0.981. The van der Waals surface area contributed by atoms with Crippen molar-refractivity contribution in [3.8, 4) is 0 Å². The molecular formula is C11H13N3O3S. The largest absolute Gasteiger partial charge is 0.364 e. The highest BCUT2D eigenvalue weighted by Gasteiger charge is 2.12. The summed E-state index contributed by atoms with van der Waals surface area (Å²) < 4.78 is 30.8. The van der Waals surface area contributed by atoms with Crippen LogP contribution in [0.4, 0.5) is 0 Å². The SMILES string of the molecule is O=S(=O)(NCCCc1cnoc1)c1cccnc1. The molecule has 0 spiro atoms. The van der Waals surface area contributed by atoms with Crippen molar-refractivity contribution in [3.63, 3.8) is 0 Å². The van der Waals surface area contributed by atoms with E-state index in [-0.39, 0.29) is 4.90 Å². The minimum atomic E-state index is -3.45. The van der Waals surface area contributed by atoms with Crippen molar-refractivity contribution in [2.45, 2.75) is 17.7 Å². The number of pyridine rings is 1. The van der Waals surface area contributed by atoms with Crippen LogP contribution in [0.2, 0.25) is 0 Å². The molecule has 0 aromatic carbocycles. The molecule has 6 nitrogen and oxygen atoms in total. The fourth-order valence-electron chi connectivity index (χ4n) is 1.44. The van der Waals surface area contributed by atoms with Crippen molar-refractivity contribution >= 4 is 10.0 Å². The lowest BCUT2D eigenvalue weighted by atomic mass is 10.2. The zero-order chi connectivity index (χ0) is 12.8. The summed E-state index contributed by atoms with van der Waals surface area (Å²) in [6.45, 7) is 0.363. The van der Waals surface area contributed by atoms with Crippen LogP contribution in [0.5, 0.6) is 0 Å². The summed E-state index contributed by atoms with van der Waals surface area (Å²) >= 11 is 0. The molecule has 96 valence electrons. The van der Waals surface area contributed by atoms with E-state index >= 15 is 0 Å². The zero-order valence-corrected chi connectivity index (χ0v) is 10.4. The molecule has 0 bridgehead atoms. The van der Waals surface area contributed by atoms with Crippen LogP contribution in [-0.2, 0) is 16.4 Å². The number of hydrogen-bond donors (Lipinski definition) is 1. The lowest BCUT2D eigenvalue weighted by molar-refractivity contribution is 0.418. The van der Waals surface area contributed by atoms with Crippen LogP contribution in [0.3, 0.4) is 0 Å². The molecule has 2 rings (SSSR count). The van der Waals surface area contributed by atoms with Gasteiger partial charge in [-0.25, -0.2) is 13.1 Å². The van der Waals surface area contributed by atoms with Crippen LogP contribution in [0.15, 0.2) is 46.4 Å². The number of rotatable bonds is 6. The summed E-state index contributed by atoms with van der Waals surface area (Å²) in [6.07, 6.45) is 7.43. The Morgan fingerprint density at radius 1 is 1.33 bits per heavy atom. The van der Waals surface area contributed by atoms with Crippen molar-refractivity contribution in [2.24, 2.45) is 0 Å². The van der Waals surface area contributed by atoms with Crippen molar-refractivity contribution in [1.29, 1.82) is 0 Å². The number of hydrogen-bond acceptors (Lipinski definition) is 5. The van der Waals surface area contributed by atoms with E-state index in [1.807, 2.05) is 0 Å². The maximum Gasteiger partial charge on any atom is 0.242 e. The molecule has 18 heavy (non-hydrogen) atoms. The summed E-state index contributed by atoms with van der Waals surface area (Å²) in [5.74, 6) is 0. The summed E-state index contributed by atoms with van der Waals surface area (Å²) in [5, 5.41) is 3.58. The molecule has 7 heteroatoms. The maximum absolute atomic E-state index is 11.8. The highest BCUT2D eigenvalue weighted by molar-refractivity contribution is 7.89. The molecule has 0 aliphatic carbocycles. The van der Waals surface area contributed by atoms with Crippen molar-refractivity contribution in [1.82, 2.24) is 14.9 Å². The third-order valence-electron chi connectivity index (χ3n) is 2.36. The Morgan fingerprint density at radius 2 is 2.22 bits per heavy atom. The molecule has 2 heterocycles. The van der Waals surface area contributed by atoms with Gasteiger partial charge in [-0.05, 0) is 25.0 Å². The van der Waals surface area contributed by atoms with Gasteiger partial charge in [-0.15, -0.1) is 0 Å². The first-order valence-corrected chi connectivity index (χ1v) is 6.95. The van der Waals surface area contributed by atoms with E-state index in [4.69, 9.17) is 0 Å². The molecule has 0 saturated heterocycles. The predicted molar refractivity (Wildman–Crippen MR) is 64.2 cm³/mol. The first kappa shape index (κ1) is 12.7. The Morgan fingerprint density at radius 3 is 2.89 bits per heavy atom. The van der Waals surface area contributed by atoms with Crippen LogP contribution < -0.4 is 4.72 Å². The summed E-state index contributed by atoms with van der Waals surface area (Å²) in [4.78, 5) is 3.96. The number of sulfonamides is 1. The van der Waals surface area contributed by atoms with Gasteiger partial charge in [0.1, 0.15) is 11.2 Å². The molecule has 0 amide bonds. The van der Waals surface area contributed by atoms with E-state index in [0.717, 1.165) is 12.0 Å². The number of aromatic nitrogens is 2. The number of nitrogens with one attached hydrogen (secondary N) is 1. The third kappa shape index (κ3) is 3.38. The van der Waals surface area contributed by atoms with Gasteiger partial charge in [0.2, 0.25) is 10.0 Å². The topological polar surface area (TPSA) is 85.1 Å². The van der Waals surface area contributed by atoms with Gasteiger partial charge in [0.25, 0.3) is 0 Å². The van der Waals surface area contributed by atoms with Crippen LogP contribution in [0.1, 0.15) is 12.0 Å². The van der Waals surface area contributed by atoms with E-state index < -0.39 is 10.0 Å². The van der Waals surface area contributed by atoms with Crippen LogP contribution in [-0.4, -0.2) is 25.1 Å². The van der Waals surface area contributed by atoms with Gasteiger partial charge in [0.05, 0.1) is 6.20 Å². The summed E-state index contributed by atoms with van der Waals surface area (Å²) in [7, 11) is -3.45. The van der Waals surface area contributed by atoms with E-state index in [2.05, 4.69) is 19.4 Å². The van der Waals surface area contributed by atoms with Gasteiger partial charge >= 0.3 is 0 Å². The molecule has 0 atom stereocenters. The van der Waals surface area contributed by atoms with Crippen LogP contribution in [0.25, 0.3) is 0 Å². The molecule has 0 unspecified atom stereocenters. The van der Waals surface area contributed by atoms with Gasteiger partial charge in [0.15, 0.2) is 0 Å². The lowest BCUT2D eigenvalue weighted by Crippen LogP contribution is -2.25. The summed E-state index contributed by atoms with van der Waals surface area (Å²) in [6, 6.07) is 3.10. The standard InChI is InChI=1S/C11H13N3O3S/c15-18(16,11-4-2-5-12-8-11)14-6-1-3-10-7-13-17-9-10/h2,4-5,7-9,14H,1,3,6H2. The molecule has 2 aromatic heterocycles. The Labute approximate surface area is 105 Å². The minimum Gasteiger partial charge on any atom is -0.364 e. The molecule has 0 fully saturated rings. The lowest BCUT2D eigenvalue weighted by Gasteiger charge is -2.05. The molecule has 1 N–H and O–H groups in total. The molecular weight excluding hydrogens is 254 g/mol. The maximum atomic E-state index is 11.8. The first-order chi connectivity index (χ1) is 8.68. The Bertz CT molecular complexity index is 567. The molecule has 0 aliphatic heterocycles. The Balaban J connectivity index is 1.83. The zero-order valence-electron chi connectivity index (χ0n) is 9.61. The third-order valence-corrected chi connectivity index (χ3v) is 3.81. The second-order valence-corrected chi connectivity index (χ2v) is 5.49. The smallest absolute Gasteiger partial charge is 0.242 e. The molecule has 0 radical (unpaired) electrons. The second kappa shape index (κ2) is 5.74. The number of nitrogens with zero attached hydrogens (tertiary/aromatic N) is 2. The van der Waals surface area contributed by atoms with E-state index in [1.54, 1.807) is 18.5 Å². The van der Waals surface area contributed by atoms with Crippen molar-refractivity contribution < 1.29 is 12.9 Å². The first-order valence-electron chi connectivity index (χ1n) is 5.46. The molecule has 0 aliphatic rings. The summed E-state index contributed by atoms with van der Waals surface area (Å²) in [5.41, 5.74) is 0.954. The minimum absolute atomic E-state index is 0.176. The van der Waals surface area contributed by atoms with E-state index in [0.29, 0.717) is 13.0 Å². The Kier molecular flexibility index (Phi) is 4.06. The van der Waals surface area contributed by atoms with E-state index in [1.165, 1.54) is 18.5 Å². The van der Waals surface area contributed by atoms with Gasteiger partial charge in [0, 0.05) is 24.5 Å². The second-order valence-electron chi connectivity index (χ2n) is 3.72. The van der Waals surface area contributed by atoms with Gasteiger partial charge < -0.3 is 4.52 Å². The highest BCUT2D eigenvalue weighted by Crippen LogP contribution is 2.06. The fraction of sp³-hybridized carbons (Fsp3) is 0.273. The molecule has 2 aromatic rings. The Hall–Kier alpha value is -1.73. The van der Waals surface area contributed by atoms with Crippen LogP contribution >= 0.6 is 0 Å². The normalized spacial score (nSPS) is 11.6. The van der Waals surface area contributed by atoms with Crippen LogP contribution in [0, 0.1) is 0 Å². The van der Waals surface area contributed by atoms with Gasteiger partial charge in [-0.1, -0.05) is 5.16 Å².